The first-order valence-electron chi connectivity index (χ1n) is 13.1. The summed E-state index contributed by atoms with van der Waals surface area (Å²) in [6.07, 6.45) is 2.28. The lowest BCUT2D eigenvalue weighted by Crippen LogP contribution is -2.27. The Balaban J connectivity index is 1.27. The van der Waals surface area contributed by atoms with Gasteiger partial charge in [0.05, 0.1) is 17.6 Å². The molecule has 0 radical (unpaired) electrons. The summed E-state index contributed by atoms with van der Waals surface area (Å²) in [4.78, 5) is 19.9. The van der Waals surface area contributed by atoms with Gasteiger partial charge in [0.1, 0.15) is 11.6 Å². The van der Waals surface area contributed by atoms with Crippen LogP contribution in [0, 0.1) is 0 Å². The number of ether oxygens (including phenoxy) is 1. The zero-order valence-corrected chi connectivity index (χ0v) is 21.3. The third kappa shape index (κ3) is 5.30. The highest BCUT2D eigenvalue weighted by molar-refractivity contribution is 5.81. The van der Waals surface area contributed by atoms with E-state index in [1.165, 1.54) is 11.1 Å². The Labute approximate surface area is 213 Å². The SMILES string of the molecule is CC(C)c1ccccc1OCCCn1c(C2CC(=O)N(CCc3ccccc3)C2)nc2ccccc21. The molecular formula is C31H35N3O2. The normalized spacial score (nSPS) is 15.8. The Morgan fingerprint density at radius 2 is 1.69 bits per heavy atom. The van der Waals surface area contributed by atoms with Crippen molar-refractivity contribution in [2.75, 3.05) is 19.7 Å². The van der Waals surface area contributed by atoms with Crippen molar-refractivity contribution < 1.29 is 9.53 Å². The number of imidazole rings is 1. The summed E-state index contributed by atoms with van der Waals surface area (Å²) in [6, 6.07) is 27.0. The Bertz CT molecular complexity index is 1310. The van der Waals surface area contributed by atoms with Crippen LogP contribution < -0.4 is 4.74 Å². The van der Waals surface area contributed by atoms with E-state index in [1.807, 2.05) is 23.1 Å². The Hall–Kier alpha value is -3.60. The second-order valence-corrected chi connectivity index (χ2v) is 9.98. The quantitative estimate of drug-likeness (QED) is 0.254. The van der Waals surface area contributed by atoms with Crippen molar-refractivity contribution in [3.8, 4) is 5.75 Å². The number of carbonyl (C=O) groups is 1. The van der Waals surface area contributed by atoms with E-state index in [1.54, 1.807) is 0 Å². The molecule has 0 aliphatic carbocycles. The molecule has 1 aliphatic rings. The first kappa shape index (κ1) is 24.1. The molecule has 186 valence electrons. The molecule has 1 fully saturated rings. The predicted octanol–water partition coefficient (Wildman–Crippen LogP) is 6.19. The van der Waals surface area contributed by atoms with Gasteiger partial charge in [-0.05, 0) is 48.1 Å². The number of aromatic nitrogens is 2. The van der Waals surface area contributed by atoms with Gasteiger partial charge in [0.15, 0.2) is 0 Å². The smallest absolute Gasteiger partial charge is 0.223 e. The van der Waals surface area contributed by atoms with Crippen LogP contribution in [0.3, 0.4) is 0 Å². The van der Waals surface area contributed by atoms with Gasteiger partial charge in [-0.3, -0.25) is 4.79 Å². The summed E-state index contributed by atoms with van der Waals surface area (Å²) < 4.78 is 8.50. The maximum atomic E-state index is 12.9. The molecule has 1 atom stereocenters. The monoisotopic (exact) mass is 481 g/mol. The minimum absolute atomic E-state index is 0.114. The molecule has 4 aromatic rings. The second-order valence-electron chi connectivity index (χ2n) is 9.98. The van der Waals surface area contributed by atoms with Crippen molar-refractivity contribution in [3.63, 3.8) is 0 Å². The van der Waals surface area contributed by atoms with Crippen LogP contribution in [0.4, 0.5) is 0 Å². The fourth-order valence-corrected chi connectivity index (χ4v) is 5.20. The fourth-order valence-electron chi connectivity index (χ4n) is 5.20. The van der Waals surface area contributed by atoms with Crippen LogP contribution >= 0.6 is 0 Å². The van der Waals surface area contributed by atoms with Gasteiger partial charge in [0.2, 0.25) is 5.91 Å². The summed E-state index contributed by atoms with van der Waals surface area (Å²) >= 11 is 0. The van der Waals surface area contributed by atoms with E-state index >= 15 is 0 Å². The molecule has 1 aromatic heterocycles. The minimum atomic E-state index is 0.114. The van der Waals surface area contributed by atoms with E-state index < -0.39 is 0 Å². The molecule has 5 nitrogen and oxygen atoms in total. The number of hydrogen-bond donors (Lipinski definition) is 0. The first-order chi connectivity index (χ1) is 17.6. The molecule has 1 aliphatic heterocycles. The fraction of sp³-hybridized carbons (Fsp3) is 0.355. The van der Waals surface area contributed by atoms with E-state index in [4.69, 9.17) is 9.72 Å². The number of hydrogen-bond acceptors (Lipinski definition) is 3. The molecule has 1 amide bonds. The molecule has 0 bridgehead atoms. The van der Waals surface area contributed by atoms with E-state index in [2.05, 4.69) is 79.1 Å². The van der Waals surface area contributed by atoms with Gasteiger partial charge in [-0.1, -0.05) is 74.5 Å². The van der Waals surface area contributed by atoms with E-state index in [0.29, 0.717) is 18.9 Å². The highest BCUT2D eigenvalue weighted by Gasteiger charge is 2.33. The molecule has 2 heterocycles. The van der Waals surface area contributed by atoms with Crippen molar-refractivity contribution >= 4 is 16.9 Å². The topological polar surface area (TPSA) is 47.4 Å². The van der Waals surface area contributed by atoms with Crippen LogP contribution in [-0.4, -0.2) is 40.1 Å². The van der Waals surface area contributed by atoms with Gasteiger partial charge in [-0.25, -0.2) is 4.98 Å². The highest BCUT2D eigenvalue weighted by Crippen LogP contribution is 2.31. The van der Waals surface area contributed by atoms with Gasteiger partial charge < -0.3 is 14.2 Å². The summed E-state index contributed by atoms with van der Waals surface area (Å²) in [5.41, 5.74) is 4.63. The number of amides is 1. The average Bonchev–Trinajstić information content (AvgIpc) is 3.46. The van der Waals surface area contributed by atoms with Crippen LogP contribution in [0.15, 0.2) is 78.9 Å². The van der Waals surface area contributed by atoms with Gasteiger partial charge in [-0.15, -0.1) is 0 Å². The highest BCUT2D eigenvalue weighted by atomic mass is 16.5. The van der Waals surface area contributed by atoms with Crippen LogP contribution in [0.1, 0.15) is 55.5 Å². The zero-order valence-electron chi connectivity index (χ0n) is 21.3. The van der Waals surface area contributed by atoms with Crippen molar-refractivity contribution in [3.05, 3.63) is 95.8 Å². The standard InChI is InChI=1S/C31H35N3O2/c1-23(2)26-13-6-9-16-29(26)36-20-10-18-34-28-15-8-7-14-27(28)32-31(34)25-21-30(35)33(22-25)19-17-24-11-4-3-5-12-24/h3-9,11-16,23,25H,10,17-22H2,1-2H3. The van der Waals surface area contributed by atoms with Crippen molar-refractivity contribution in [1.29, 1.82) is 0 Å². The average molecular weight is 482 g/mol. The van der Waals surface area contributed by atoms with Crippen molar-refractivity contribution in [1.82, 2.24) is 14.5 Å². The lowest BCUT2D eigenvalue weighted by Gasteiger charge is -2.18. The second kappa shape index (κ2) is 11.0. The molecule has 0 saturated carbocycles. The number of likely N-dealkylation sites (tertiary alicyclic amines) is 1. The van der Waals surface area contributed by atoms with Gasteiger partial charge in [-0.2, -0.15) is 0 Å². The van der Waals surface area contributed by atoms with Gasteiger partial charge in [0, 0.05) is 32.0 Å². The predicted molar refractivity (Wildman–Crippen MR) is 144 cm³/mol. The summed E-state index contributed by atoms with van der Waals surface area (Å²) in [7, 11) is 0. The number of nitrogens with zero attached hydrogens (tertiary/aromatic N) is 3. The summed E-state index contributed by atoms with van der Waals surface area (Å²) in [5, 5.41) is 0. The summed E-state index contributed by atoms with van der Waals surface area (Å²) in [5.74, 6) is 2.76. The Kier molecular flexibility index (Phi) is 7.36. The van der Waals surface area contributed by atoms with Crippen LogP contribution in [-0.2, 0) is 17.8 Å². The molecular weight excluding hydrogens is 446 g/mol. The van der Waals surface area contributed by atoms with Crippen LogP contribution in [0.5, 0.6) is 5.75 Å². The van der Waals surface area contributed by atoms with Gasteiger partial charge in [0.25, 0.3) is 0 Å². The van der Waals surface area contributed by atoms with Gasteiger partial charge >= 0.3 is 0 Å². The molecule has 1 saturated heterocycles. The molecule has 5 heteroatoms. The third-order valence-electron chi connectivity index (χ3n) is 7.10. The number of benzene rings is 3. The molecule has 1 unspecified atom stereocenters. The molecule has 0 N–H and O–H groups in total. The number of aryl methyl sites for hydroxylation is 1. The van der Waals surface area contributed by atoms with Crippen molar-refractivity contribution in [2.24, 2.45) is 0 Å². The molecule has 5 rings (SSSR count). The van der Waals surface area contributed by atoms with E-state index in [0.717, 1.165) is 55.1 Å². The molecule has 3 aromatic carbocycles. The lowest BCUT2D eigenvalue weighted by atomic mass is 10.0. The van der Waals surface area contributed by atoms with Crippen LogP contribution in [0.25, 0.3) is 11.0 Å². The van der Waals surface area contributed by atoms with E-state index in [-0.39, 0.29) is 11.8 Å². The summed E-state index contributed by atoms with van der Waals surface area (Å²) in [6.45, 7) is 7.32. The largest absolute Gasteiger partial charge is 0.493 e. The number of rotatable bonds is 10. The zero-order chi connectivity index (χ0) is 24.9. The Morgan fingerprint density at radius 1 is 0.944 bits per heavy atom. The molecule has 36 heavy (non-hydrogen) atoms. The maximum absolute atomic E-state index is 12.9. The molecule has 0 spiro atoms. The number of para-hydroxylation sites is 3. The van der Waals surface area contributed by atoms with E-state index in [9.17, 15) is 4.79 Å². The lowest BCUT2D eigenvalue weighted by molar-refractivity contribution is -0.127. The minimum Gasteiger partial charge on any atom is -0.493 e. The maximum Gasteiger partial charge on any atom is 0.223 e. The first-order valence-corrected chi connectivity index (χ1v) is 13.1. The number of fused-ring (bicyclic) bond motifs is 1. The van der Waals surface area contributed by atoms with Crippen LogP contribution in [0.2, 0.25) is 0 Å². The third-order valence-corrected chi connectivity index (χ3v) is 7.10. The Morgan fingerprint density at radius 3 is 2.53 bits per heavy atom. The number of carbonyl (C=O) groups excluding carboxylic acids is 1. The van der Waals surface area contributed by atoms with Crippen molar-refractivity contribution in [2.45, 2.75) is 51.5 Å².